The molecule has 0 N–H and O–H groups in total. The molecule has 2 aliphatic rings. The highest BCUT2D eigenvalue weighted by molar-refractivity contribution is 7.89. The van der Waals surface area contributed by atoms with Crippen LogP contribution in [0.25, 0.3) is 0 Å². The van der Waals surface area contributed by atoms with Crippen molar-refractivity contribution >= 4 is 15.8 Å². The van der Waals surface area contributed by atoms with Gasteiger partial charge in [0.2, 0.25) is 10.0 Å². The van der Waals surface area contributed by atoms with Gasteiger partial charge in [0.25, 0.3) is 0 Å². The fraction of sp³-hybridized carbons (Fsp3) is 0.421. The van der Waals surface area contributed by atoms with Gasteiger partial charge < -0.3 is 4.90 Å². The van der Waals surface area contributed by atoms with Gasteiger partial charge in [-0.05, 0) is 23.8 Å². The Balaban J connectivity index is 1.32. The van der Waals surface area contributed by atoms with Crippen molar-refractivity contribution in [3.05, 3.63) is 53.7 Å². The summed E-state index contributed by atoms with van der Waals surface area (Å²) in [5.74, 6) is 0.317. The van der Waals surface area contributed by atoms with E-state index < -0.39 is 21.9 Å². The Bertz CT molecular complexity index is 989. The Kier molecular flexibility index (Phi) is 5.26. The molecule has 10 heteroatoms. The highest BCUT2D eigenvalue weighted by Gasteiger charge is 2.35. The summed E-state index contributed by atoms with van der Waals surface area (Å²) in [6.45, 7) is 3.71. The van der Waals surface area contributed by atoms with Gasteiger partial charge in [-0.3, -0.25) is 4.90 Å². The maximum atomic E-state index is 12.9. The van der Waals surface area contributed by atoms with Gasteiger partial charge in [-0.25, -0.2) is 13.4 Å². The van der Waals surface area contributed by atoms with Crippen LogP contribution < -0.4 is 4.90 Å². The van der Waals surface area contributed by atoms with Gasteiger partial charge in [0.15, 0.2) is 0 Å². The largest absolute Gasteiger partial charge is 0.433 e. The van der Waals surface area contributed by atoms with Crippen LogP contribution in [0.1, 0.15) is 11.3 Å². The lowest BCUT2D eigenvalue weighted by Gasteiger charge is -2.36. The van der Waals surface area contributed by atoms with E-state index in [9.17, 15) is 21.6 Å². The van der Waals surface area contributed by atoms with E-state index in [0.29, 0.717) is 56.5 Å². The normalized spacial score (nSPS) is 20.0. The zero-order valence-electron chi connectivity index (χ0n) is 15.6. The van der Waals surface area contributed by atoms with Crippen LogP contribution in [0, 0.1) is 0 Å². The molecule has 0 saturated carbocycles. The molecular formula is C19H21F3N4O2S. The van der Waals surface area contributed by atoms with Gasteiger partial charge >= 0.3 is 6.18 Å². The van der Waals surface area contributed by atoms with Gasteiger partial charge in [0, 0.05) is 45.8 Å². The Morgan fingerprint density at radius 3 is 2.34 bits per heavy atom. The van der Waals surface area contributed by atoms with Crippen molar-refractivity contribution in [3.8, 4) is 0 Å². The summed E-state index contributed by atoms with van der Waals surface area (Å²) >= 11 is 0. The average molecular weight is 426 g/mol. The number of piperazine rings is 1. The van der Waals surface area contributed by atoms with Crippen molar-refractivity contribution in [3.63, 3.8) is 0 Å². The van der Waals surface area contributed by atoms with E-state index in [1.54, 1.807) is 18.2 Å². The molecule has 0 atom stereocenters. The van der Waals surface area contributed by atoms with E-state index in [2.05, 4.69) is 9.88 Å². The molecule has 0 radical (unpaired) electrons. The second kappa shape index (κ2) is 7.58. The number of benzene rings is 1. The number of sulfonamides is 1. The third-order valence-electron chi connectivity index (χ3n) is 5.32. The number of rotatable bonds is 4. The van der Waals surface area contributed by atoms with Crippen LogP contribution in [-0.2, 0) is 22.7 Å². The molecule has 156 valence electrons. The number of anilines is 1. The minimum Gasteiger partial charge on any atom is -0.354 e. The zero-order chi connectivity index (χ0) is 20.6. The molecule has 2 aromatic rings. The molecule has 0 bridgehead atoms. The third kappa shape index (κ3) is 4.10. The summed E-state index contributed by atoms with van der Waals surface area (Å²) < 4.78 is 65.3. The quantitative estimate of drug-likeness (QED) is 0.752. The molecule has 1 fully saturated rings. The number of alkyl halides is 3. The van der Waals surface area contributed by atoms with Crippen molar-refractivity contribution in [2.45, 2.75) is 17.6 Å². The number of hydrogen-bond acceptors (Lipinski definition) is 5. The van der Waals surface area contributed by atoms with Crippen LogP contribution >= 0.6 is 0 Å². The van der Waals surface area contributed by atoms with Crippen molar-refractivity contribution in [1.82, 2.24) is 14.2 Å². The summed E-state index contributed by atoms with van der Waals surface area (Å²) in [6, 6.07) is 10.9. The van der Waals surface area contributed by atoms with Crippen LogP contribution in [0.15, 0.2) is 47.4 Å². The van der Waals surface area contributed by atoms with Crippen molar-refractivity contribution in [1.29, 1.82) is 0 Å². The number of hydrogen-bond donors (Lipinski definition) is 0. The van der Waals surface area contributed by atoms with E-state index >= 15 is 0 Å². The first kappa shape index (κ1) is 20.1. The van der Waals surface area contributed by atoms with E-state index in [0.717, 1.165) is 11.6 Å². The lowest BCUT2D eigenvalue weighted by atomic mass is 10.2. The van der Waals surface area contributed by atoms with E-state index in [1.165, 1.54) is 10.4 Å². The molecule has 0 spiro atoms. The van der Waals surface area contributed by atoms with Gasteiger partial charge in [-0.15, -0.1) is 0 Å². The molecule has 2 aliphatic heterocycles. The Morgan fingerprint density at radius 1 is 0.931 bits per heavy atom. The molecule has 4 rings (SSSR count). The summed E-state index contributed by atoms with van der Waals surface area (Å²) in [5, 5.41) is 0. The van der Waals surface area contributed by atoms with Gasteiger partial charge in [-0.1, -0.05) is 24.3 Å². The van der Waals surface area contributed by atoms with Crippen LogP contribution in [0.5, 0.6) is 0 Å². The molecule has 6 nitrogen and oxygen atoms in total. The third-order valence-corrected chi connectivity index (χ3v) is 7.27. The highest BCUT2D eigenvalue weighted by atomic mass is 32.2. The fourth-order valence-electron chi connectivity index (χ4n) is 3.71. The minimum atomic E-state index is -4.46. The molecule has 0 aliphatic carbocycles. The topological polar surface area (TPSA) is 56.8 Å². The van der Waals surface area contributed by atoms with E-state index in [4.69, 9.17) is 0 Å². The lowest BCUT2D eigenvalue weighted by molar-refractivity contribution is -0.141. The minimum absolute atomic E-state index is 0.317. The number of nitrogens with zero attached hydrogens (tertiary/aromatic N) is 4. The lowest BCUT2D eigenvalue weighted by Crippen LogP contribution is -2.48. The zero-order valence-corrected chi connectivity index (χ0v) is 16.5. The SMILES string of the molecule is O=S1(=O)c2ccccc2CN1CCN1CCN(c2cccc(C(F)(F)F)n2)CC1. The van der Waals surface area contributed by atoms with Crippen LogP contribution in [0.4, 0.5) is 19.0 Å². The predicted molar refractivity (Wildman–Crippen MR) is 102 cm³/mol. The maximum absolute atomic E-state index is 12.9. The van der Waals surface area contributed by atoms with Crippen LogP contribution in [0.3, 0.4) is 0 Å². The molecule has 1 saturated heterocycles. The summed E-state index contributed by atoms with van der Waals surface area (Å²) in [4.78, 5) is 8.07. The molecule has 1 aromatic carbocycles. The maximum Gasteiger partial charge on any atom is 0.433 e. The van der Waals surface area contributed by atoms with Gasteiger partial charge in [0.1, 0.15) is 11.5 Å². The Labute approximate surface area is 167 Å². The first-order valence-corrected chi connectivity index (χ1v) is 10.8. The summed E-state index contributed by atoms with van der Waals surface area (Å²) in [7, 11) is -3.44. The average Bonchev–Trinajstić information content (AvgIpc) is 2.96. The first-order chi connectivity index (χ1) is 13.7. The molecule has 0 amide bonds. The standard InChI is InChI=1S/C19H21F3N4O2S/c20-19(21,22)17-6-3-7-18(23-17)25-11-8-24(9-12-25)10-13-26-14-15-4-1-2-5-16(15)29(26,27)28/h1-7H,8-14H2. The second-order valence-electron chi connectivity index (χ2n) is 7.15. The monoisotopic (exact) mass is 426 g/mol. The molecule has 29 heavy (non-hydrogen) atoms. The molecular weight excluding hydrogens is 405 g/mol. The van der Waals surface area contributed by atoms with Crippen molar-refractivity contribution in [2.75, 3.05) is 44.2 Å². The molecule has 3 heterocycles. The Morgan fingerprint density at radius 2 is 1.66 bits per heavy atom. The summed E-state index contributed by atoms with van der Waals surface area (Å²) in [5.41, 5.74) is -0.0795. The van der Waals surface area contributed by atoms with Crippen LogP contribution in [0.2, 0.25) is 0 Å². The first-order valence-electron chi connectivity index (χ1n) is 9.35. The van der Waals surface area contributed by atoms with Gasteiger partial charge in [0.05, 0.1) is 4.90 Å². The molecule has 1 aromatic heterocycles. The highest BCUT2D eigenvalue weighted by Crippen LogP contribution is 2.30. The van der Waals surface area contributed by atoms with Crippen molar-refractivity contribution < 1.29 is 21.6 Å². The van der Waals surface area contributed by atoms with Crippen molar-refractivity contribution in [2.24, 2.45) is 0 Å². The van der Waals surface area contributed by atoms with E-state index in [1.807, 2.05) is 17.0 Å². The number of aromatic nitrogens is 1. The number of pyridine rings is 1. The second-order valence-corrected chi connectivity index (χ2v) is 9.06. The number of halogens is 3. The summed E-state index contributed by atoms with van der Waals surface area (Å²) in [6.07, 6.45) is -4.46. The fourth-order valence-corrected chi connectivity index (χ4v) is 5.33. The predicted octanol–water partition coefficient (Wildman–Crippen LogP) is 2.43. The molecule has 0 unspecified atom stereocenters. The number of fused-ring (bicyclic) bond motifs is 1. The van der Waals surface area contributed by atoms with Gasteiger partial charge in [-0.2, -0.15) is 17.5 Å². The Hall–Kier alpha value is -2.17. The smallest absolute Gasteiger partial charge is 0.354 e. The van der Waals surface area contributed by atoms with Crippen LogP contribution in [-0.4, -0.2) is 61.9 Å². The van der Waals surface area contributed by atoms with E-state index in [-0.39, 0.29) is 0 Å².